The Balaban J connectivity index is 1.66. The Bertz CT molecular complexity index is 1850. The predicted octanol–water partition coefficient (Wildman–Crippen LogP) is 7.11. The lowest BCUT2D eigenvalue weighted by molar-refractivity contribution is 0.279. The van der Waals surface area contributed by atoms with E-state index in [9.17, 15) is 9.18 Å². The molecule has 0 N–H and O–H groups in total. The van der Waals surface area contributed by atoms with E-state index >= 15 is 0 Å². The molecule has 0 atom stereocenters. The fraction of sp³-hybridized carbons (Fsp3) is 0.206. The minimum atomic E-state index is -0.364. The van der Waals surface area contributed by atoms with E-state index in [0.717, 1.165) is 22.4 Å². The molecule has 0 fully saturated rings. The highest BCUT2D eigenvalue weighted by Gasteiger charge is 2.19. The Labute approximate surface area is 243 Å². The minimum Gasteiger partial charge on any atom is -0.496 e. The van der Waals surface area contributed by atoms with Crippen molar-refractivity contribution in [3.8, 4) is 28.6 Å². The van der Waals surface area contributed by atoms with Crippen LogP contribution in [-0.4, -0.2) is 30.1 Å². The van der Waals surface area contributed by atoms with Crippen molar-refractivity contribution in [2.75, 3.05) is 14.2 Å². The topological polar surface area (TPSA) is 74.9 Å². The van der Waals surface area contributed by atoms with Crippen molar-refractivity contribution >= 4 is 17.1 Å². The predicted molar refractivity (Wildman–Crippen MR) is 164 cm³/mol. The Morgan fingerprint density at radius 2 is 1.69 bits per heavy atom. The van der Waals surface area contributed by atoms with E-state index < -0.39 is 0 Å². The smallest absolute Gasteiger partial charge is 0.282 e. The number of fused-ring (bicyclic) bond motifs is 1. The molecule has 0 spiro atoms. The van der Waals surface area contributed by atoms with Crippen LogP contribution >= 0.6 is 0 Å². The van der Waals surface area contributed by atoms with Crippen LogP contribution in [0.15, 0.2) is 88.8 Å². The number of rotatable bonds is 9. The zero-order valence-electron chi connectivity index (χ0n) is 24.2. The number of hydrogen-bond acceptors (Lipinski definition) is 6. The zero-order chi connectivity index (χ0) is 29.8. The van der Waals surface area contributed by atoms with Gasteiger partial charge in [0.25, 0.3) is 5.56 Å². The third kappa shape index (κ3) is 5.61. The van der Waals surface area contributed by atoms with Crippen molar-refractivity contribution in [3.63, 3.8) is 0 Å². The molecular weight excluding hydrogens is 533 g/mol. The lowest BCUT2D eigenvalue weighted by Gasteiger charge is -2.17. The maximum atomic E-state index is 14.3. The molecule has 0 amide bonds. The monoisotopic (exact) mass is 565 g/mol. The maximum Gasteiger partial charge on any atom is 0.282 e. The van der Waals surface area contributed by atoms with Crippen LogP contribution in [0.25, 0.3) is 22.3 Å². The van der Waals surface area contributed by atoms with Gasteiger partial charge in [-0.25, -0.2) is 9.37 Å². The minimum absolute atomic E-state index is 0.0142. The second-order valence-electron chi connectivity index (χ2n) is 10.1. The van der Waals surface area contributed by atoms with E-state index in [1.54, 1.807) is 55.6 Å². The Morgan fingerprint density at radius 3 is 2.43 bits per heavy atom. The highest BCUT2D eigenvalue weighted by atomic mass is 19.1. The van der Waals surface area contributed by atoms with Gasteiger partial charge in [-0.15, -0.1) is 0 Å². The summed E-state index contributed by atoms with van der Waals surface area (Å²) in [5, 5.41) is 5.09. The average Bonchev–Trinajstić information content (AvgIpc) is 3.00. The van der Waals surface area contributed by atoms with Gasteiger partial charge in [0.1, 0.15) is 18.2 Å². The third-order valence-corrected chi connectivity index (χ3v) is 7.06. The molecule has 0 aliphatic rings. The summed E-state index contributed by atoms with van der Waals surface area (Å²) in [4.78, 5) is 18.7. The number of halogens is 1. The van der Waals surface area contributed by atoms with Crippen molar-refractivity contribution in [2.45, 2.75) is 33.3 Å². The van der Waals surface area contributed by atoms with Crippen LogP contribution in [0.1, 0.15) is 42.0 Å². The fourth-order valence-electron chi connectivity index (χ4n) is 4.81. The normalized spacial score (nSPS) is 11.4. The SMILES string of the molecule is COc1cc(C)c(-c2nc3ccccc3c(=O)n2N=Cc2cccc(OC)c2OCc2ccccc2F)cc1C(C)C. The van der Waals surface area contributed by atoms with Crippen LogP contribution in [0.4, 0.5) is 4.39 Å². The van der Waals surface area contributed by atoms with Gasteiger partial charge >= 0.3 is 0 Å². The average molecular weight is 566 g/mol. The number of aryl methyl sites for hydroxylation is 1. The second kappa shape index (κ2) is 12.3. The molecule has 5 rings (SSSR count). The maximum absolute atomic E-state index is 14.3. The molecule has 4 aromatic carbocycles. The van der Waals surface area contributed by atoms with Crippen molar-refractivity contribution in [1.82, 2.24) is 9.66 Å². The van der Waals surface area contributed by atoms with Crippen molar-refractivity contribution in [3.05, 3.63) is 117 Å². The second-order valence-corrected chi connectivity index (χ2v) is 10.1. The quantitative estimate of drug-likeness (QED) is 0.178. The van der Waals surface area contributed by atoms with E-state index in [0.29, 0.717) is 39.4 Å². The molecule has 214 valence electrons. The van der Waals surface area contributed by atoms with E-state index in [2.05, 4.69) is 18.9 Å². The first-order valence-corrected chi connectivity index (χ1v) is 13.6. The standard InChI is InChI=1S/C34H32FN3O4/c1-21(2)26-18-27(22(3)17-31(26)41-5)33-37-29-15-9-7-13-25(29)34(39)38(33)36-19-23-12-10-16-30(40-4)32(23)42-20-24-11-6-8-14-28(24)35/h6-19,21H,20H2,1-5H3. The van der Waals surface area contributed by atoms with Crippen LogP contribution < -0.4 is 19.8 Å². The Hall–Kier alpha value is -4.98. The lowest BCUT2D eigenvalue weighted by Crippen LogP contribution is -2.21. The zero-order valence-corrected chi connectivity index (χ0v) is 24.2. The summed E-state index contributed by atoms with van der Waals surface area (Å²) in [5.41, 5.74) is 3.85. The highest BCUT2D eigenvalue weighted by molar-refractivity contribution is 5.86. The molecule has 1 heterocycles. The third-order valence-electron chi connectivity index (χ3n) is 7.06. The van der Waals surface area contributed by atoms with Crippen molar-refractivity contribution in [2.24, 2.45) is 5.10 Å². The number of para-hydroxylation sites is 2. The summed E-state index contributed by atoms with van der Waals surface area (Å²) in [6.07, 6.45) is 1.53. The van der Waals surface area contributed by atoms with E-state index in [-0.39, 0.29) is 23.9 Å². The van der Waals surface area contributed by atoms with Crippen LogP contribution in [0, 0.1) is 12.7 Å². The number of aromatic nitrogens is 2. The Morgan fingerprint density at radius 1 is 0.952 bits per heavy atom. The number of ether oxygens (including phenoxy) is 3. The van der Waals surface area contributed by atoms with Gasteiger partial charge in [-0.05, 0) is 66.4 Å². The van der Waals surface area contributed by atoms with Crippen LogP contribution in [0.2, 0.25) is 0 Å². The molecular formula is C34H32FN3O4. The van der Waals surface area contributed by atoms with Gasteiger partial charge in [-0.1, -0.05) is 50.2 Å². The fourth-order valence-corrected chi connectivity index (χ4v) is 4.81. The summed E-state index contributed by atoms with van der Waals surface area (Å²) in [6, 6.07) is 22.9. The Kier molecular flexibility index (Phi) is 8.33. The van der Waals surface area contributed by atoms with Gasteiger partial charge in [0.2, 0.25) is 0 Å². The molecule has 0 radical (unpaired) electrons. The summed E-state index contributed by atoms with van der Waals surface area (Å²) >= 11 is 0. The molecule has 42 heavy (non-hydrogen) atoms. The summed E-state index contributed by atoms with van der Waals surface area (Å²) in [5.74, 6) is 1.81. The molecule has 0 unspecified atom stereocenters. The summed E-state index contributed by atoms with van der Waals surface area (Å²) in [6.45, 7) is 6.11. The number of benzene rings is 4. The first-order chi connectivity index (χ1) is 20.3. The summed E-state index contributed by atoms with van der Waals surface area (Å²) in [7, 11) is 3.18. The number of nitrogens with zero attached hydrogens (tertiary/aromatic N) is 3. The summed E-state index contributed by atoms with van der Waals surface area (Å²) < 4.78 is 32.8. The van der Waals surface area contributed by atoms with Gasteiger partial charge in [-0.2, -0.15) is 9.78 Å². The van der Waals surface area contributed by atoms with E-state index in [4.69, 9.17) is 19.2 Å². The molecule has 8 heteroatoms. The number of methoxy groups -OCH3 is 2. The lowest BCUT2D eigenvalue weighted by atomic mass is 9.96. The van der Waals surface area contributed by atoms with Gasteiger partial charge in [0.05, 0.1) is 31.3 Å². The van der Waals surface area contributed by atoms with Crippen molar-refractivity contribution < 1.29 is 18.6 Å². The van der Waals surface area contributed by atoms with Gasteiger partial charge < -0.3 is 14.2 Å². The number of hydrogen-bond donors (Lipinski definition) is 0. The van der Waals surface area contributed by atoms with Gasteiger partial charge in [0, 0.05) is 16.7 Å². The molecule has 0 bridgehead atoms. The van der Waals surface area contributed by atoms with Gasteiger partial charge in [-0.3, -0.25) is 4.79 Å². The molecule has 0 aliphatic heterocycles. The molecule has 7 nitrogen and oxygen atoms in total. The molecule has 0 aliphatic carbocycles. The first kappa shape index (κ1) is 28.5. The van der Waals surface area contributed by atoms with Crippen LogP contribution in [-0.2, 0) is 6.61 Å². The van der Waals surface area contributed by atoms with Crippen LogP contribution in [0.3, 0.4) is 0 Å². The van der Waals surface area contributed by atoms with Crippen molar-refractivity contribution in [1.29, 1.82) is 0 Å². The molecule has 1 aromatic heterocycles. The largest absolute Gasteiger partial charge is 0.496 e. The molecule has 5 aromatic rings. The first-order valence-electron chi connectivity index (χ1n) is 13.6. The van der Waals surface area contributed by atoms with E-state index in [1.165, 1.54) is 24.1 Å². The van der Waals surface area contributed by atoms with Crippen LogP contribution in [0.5, 0.6) is 17.2 Å². The van der Waals surface area contributed by atoms with E-state index in [1.807, 2.05) is 31.2 Å². The molecule has 0 saturated heterocycles. The molecule has 0 saturated carbocycles. The van der Waals surface area contributed by atoms with Gasteiger partial charge in [0.15, 0.2) is 17.3 Å². The highest BCUT2D eigenvalue weighted by Crippen LogP contribution is 2.35.